The van der Waals surface area contributed by atoms with Gasteiger partial charge >= 0.3 is 6.18 Å². The highest BCUT2D eigenvalue weighted by atomic mass is 19.4. The van der Waals surface area contributed by atoms with Crippen molar-refractivity contribution in [1.82, 2.24) is 14.8 Å². The van der Waals surface area contributed by atoms with E-state index in [1.165, 1.54) is 10.9 Å². The predicted octanol–water partition coefficient (Wildman–Crippen LogP) is 1.93. The number of aromatic nitrogens is 3. The fourth-order valence-corrected chi connectivity index (χ4v) is 1.36. The third-order valence-corrected chi connectivity index (χ3v) is 2.22. The van der Waals surface area contributed by atoms with E-state index in [4.69, 9.17) is 5.73 Å². The summed E-state index contributed by atoms with van der Waals surface area (Å²) in [5.74, 6) is 0.288. The maximum atomic E-state index is 12.3. The lowest BCUT2D eigenvalue weighted by atomic mass is 10.2. The van der Waals surface area contributed by atoms with Crippen LogP contribution in [0.3, 0.4) is 0 Å². The molecular formula is C10H9F3N4. The van der Waals surface area contributed by atoms with Gasteiger partial charge in [0.25, 0.3) is 0 Å². The second-order valence-electron chi connectivity index (χ2n) is 3.47. The number of pyridine rings is 1. The lowest BCUT2D eigenvalue weighted by molar-refractivity contribution is -0.137. The predicted molar refractivity (Wildman–Crippen MR) is 55.0 cm³/mol. The van der Waals surface area contributed by atoms with Gasteiger partial charge in [-0.25, -0.2) is 4.98 Å². The van der Waals surface area contributed by atoms with Crippen molar-refractivity contribution in [1.29, 1.82) is 0 Å². The van der Waals surface area contributed by atoms with Gasteiger partial charge in [-0.05, 0) is 6.07 Å². The fourth-order valence-electron chi connectivity index (χ4n) is 1.36. The van der Waals surface area contributed by atoms with Gasteiger partial charge in [0.15, 0.2) is 0 Å². The van der Waals surface area contributed by atoms with Gasteiger partial charge in [0.2, 0.25) is 0 Å². The maximum Gasteiger partial charge on any atom is 0.419 e. The van der Waals surface area contributed by atoms with Crippen LogP contribution in [0.25, 0.3) is 0 Å². The number of alkyl halides is 3. The second kappa shape index (κ2) is 4.08. The zero-order valence-corrected chi connectivity index (χ0v) is 8.65. The summed E-state index contributed by atoms with van der Waals surface area (Å²) >= 11 is 0. The minimum atomic E-state index is -4.38. The lowest BCUT2D eigenvalue weighted by Gasteiger charge is -2.04. The number of hydrogen-bond acceptors (Lipinski definition) is 3. The number of hydrogen-bond donors (Lipinski definition) is 1. The lowest BCUT2D eigenvalue weighted by Crippen LogP contribution is -2.06. The molecule has 2 heterocycles. The Hall–Kier alpha value is -2.05. The van der Waals surface area contributed by atoms with Crippen LogP contribution in [-0.2, 0) is 12.7 Å². The van der Waals surface area contributed by atoms with Gasteiger partial charge in [-0.1, -0.05) is 6.07 Å². The molecule has 0 saturated heterocycles. The Morgan fingerprint density at radius 1 is 1.35 bits per heavy atom. The van der Waals surface area contributed by atoms with Crippen molar-refractivity contribution in [2.24, 2.45) is 0 Å². The first-order valence-electron chi connectivity index (χ1n) is 4.76. The van der Waals surface area contributed by atoms with Crippen molar-refractivity contribution in [3.8, 4) is 0 Å². The summed E-state index contributed by atoms with van der Waals surface area (Å²) < 4.78 is 38.2. The van der Waals surface area contributed by atoms with E-state index >= 15 is 0 Å². The van der Waals surface area contributed by atoms with E-state index in [-0.39, 0.29) is 12.4 Å². The molecule has 0 radical (unpaired) electrons. The van der Waals surface area contributed by atoms with Crippen molar-refractivity contribution < 1.29 is 13.2 Å². The van der Waals surface area contributed by atoms with Crippen LogP contribution >= 0.6 is 0 Å². The fraction of sp³-hybridized carbons (Fsp3) is 0.200. The van der Waals surface area contributed by atoms with Crippen LogP contribution < -0.4 is 5.73 Å². The Balaban J connectivity index is 2.21. The van der Waals surface area contributed by atoms with Crippen molar-refractivity contribution in [2.45, 2.75) is 12.7 Å². The molecule has 2 N–H and O–H groups in total. The third kappa shape index (κ3) is 2.55. The van der Waals surface area contributed by atoms with Crippen molar-refractivity contribution in [3.05, 3.63) is 41.9 Å². The van der Waals surface area contributed by atoms with Gasteiger partial charge in [-0.2, -0.15) is 18.3 Å². The van der Waals surface area contributed by atoms with Crippen LogP contribution in [0.15, 0.2) is 30.7 Å². The van der Waals surface area contributed by atoms with Crippen LogP contribution in [0, 0.1) is 0 Å². The maximum absolute atomic E-state index is 12.3. The molecule has 17 heavy (non-hydrogen) atoms. The summed E-state index contributed by atoms with van der Waals surface area (Å²) in [5.41, 5.74) is 5.44. The summed E-state index contributed by atoms with van der Waals surface area (Å²) in [7, 11) is 0. The Kier molecular flexibility index (Phi) is 2.74. The van der Waals surface area contributed by atoms with Gasteiger partial charge in [0.1, 0.15) is 5.82 Å². The number of nitrogens with two attached hydrogens (primary N) is 1. The van der Waals surface area contributed by atoms with Gasteiger partial charge in [-0.3, -0.25) is 4.68 Å². The van der Waals surface area contributed by atoms with Gasteiger partial charge in [0.05, 0.1) is 18.3 Å². The zero-order valence-electron chi connectivity index (χ0n) is 8.65. The minimum absolute atomic E-state index is 0.162. The first kappa shape index (κ1) is 11.4. The number of halogens is 3. The highest BCUT2D eigenvalue weighted by Crippen LogP contribution is 2.28. The quantitative estimate of drug-likeness (QED) is 0.875. The van der Waals surface area contributed by atoms with E-state index in [0.29, 0.717) is 5.56 Å². The van der Waals surface area contributed by atoms with Crippen LogP contribution in [0.4, 0.5) is 19.0 Å². The molecular weight excluding hydrogens is 233 g/mol. The molecule has 0 amide bonds. The zero-order chi connectivity index (χ0) is 12.5. The molecule has 0 aromatic carbocycles. The van der Waals surface area contributed by atoms with Gasteiger partial charge in [-0.15, -0.1) is 0 Å². The third-order valence-electron chi connectivity index (χ3n) is 2.22. The monoisotopic (exact) mass is 242 g/mol. The summed E-state index contributed by atoms with van der Waals surface area (Å²) in [4.78, 5) is 3.85. The van der Waals surface area contributed by atoms with Crippen molar-refractivity contribution >= 4 is 5.82 Å². The van der Waals surface area contributed by atoms with E-state index in [0.717, 1.165) is 12.4 Å². The average molecular weight is 242 g/mol. The van der Waals surface area contributed by atoms with E-state index in [1.807, 2.05) is 0 Å². The van der Waals surface area contributed by atoms with Crippen LogP contribution in [-0.4, -0.2) is 14.8 Å². The first-order valence-corrected chi connectivity index (χ1v) is 4.76. The van der Waals surface area contributed by atoms with Crippen LogP contribution in [0.1, 0.15) is 11.1 Å². The Bertz CT molecular complexity index is 518. The number of anilines is 1. The molecule has 0 unspecified atom stereocenters. The molecule has 0 saturated carbocycles. The molecule has 0 bridgehead atoms. The highest BCUT2D eigenvalue weighted by Gasteiger charge is 2.32. The second-order valence-corrected chi connectivity index (χ2v) is 3.47. The summed E-state index contributed by atoms with van der Waals surface area (Å²) in [6.45, 7) is 0.162. The molecule has 2 aromatic rings. The standard InChI is InChI=1S/C10H9F3N4/c11-10(12,13)8-4-16-17(6-8)5-7-2-1-3-15-9(7)14/h1-4,6H,5H2,(H2,14,15). The van der Waals surface area contributed by atoms with Crippen molar-refractivity contribution in [2.75, 3.05) is 5.73 Å². The molecule has 0 aliphatic carbocycles. The Morgan fingerprint density at radius 3 is 2.71 bits per heavy atom. The minimum Gasteiger partial charge on any atom is -0.383 e. The van der Waals surface area contributed by atoms with E-state index in [1.54, 1.807) is 12.1 Å². The molecule has 7 heteroatoms. The average Bonchev–Trinajstić information content (AvgIpc) is 2.69. The summed E-state index contributed by atoms with van der Waals surface area (Å²) in [6, 6.07) is 3.36. The van der Waals surface area contributed by atoms with Gasteiger partial charge < -0.3 is 5.73 Å². The molecule has 0 fully saturated rings. The molecule has 4 nitrogen and oxygen atoms in total. The van der Waals surface area contributed by atoms with Crippen molar-refractivity contribution in [3.63, 3.8) is 0 Å². The summed E-state index contributed by atoms with van der Waals surface area (Å²) in [5, 5.41) is 3.63. The Labute approximate surface area is 94.9 Å². The topological polar surface area (TPSA) is 56.7 Å². The molecule has 0 aliphatic heterocycles. The molecule has 0 spiro atoms. The smallest absolute Gasteiger partial charge is 0.383 e. The van der Waals surface area contributed by atoms with Gasteiger partial charge in [0, 0.05) is 18.0 Å². The summed E-state index contributed by atoms with van der Waals surface area (Å²) in [6.07, 6.45) is -1.14. The molecule has 0 aliphatic rings. The van der Waals surface area contributed by atoms with Crippen LogP contribution in [0.5, 0.6) is 0 Å². The first-order chi connectivity index (χ1) is 7.97. The van der Waals surface area contributed by atoms with Crippen LogP contribution in [0.2, 0.25) is 0 Å². The SMILES string of the molecule is Nc1ncccc1Cn1cc(C(F)(F)F)cn1. The highest BCUT2D eigenvalue weighted by molar-refractivity contribution is 5.38. The number of rotatable bonds is 2. The van der Waals surface area contributed by atoms with E-state index in [2.05, 4.69) is 10.1 Å². The van der Waals surface area contributed by atoms with E-state index in [9.17, 15) is 13.2 Å². The molecule has 2 rings (SSSR count). The molecule has 90 valence electrons. The molecule has 2 aromatic heterocycles. The normalized spacial score (nSPS) is 11.7. The number of nitrogens with zero attached hydrogens (tertiary/aromatic N) is 3. The Morgan fingerprint density at radius 2 is 2.12 bits per heavy atom. The largest absolute Gasteiger partial charge is 0.419 e. The number of nitrogen functional groups attached to an aromatic ring is 1. The van der Waals surface area contributed by atoms with E-state index < -0.39 is 11.7 Å². The molecule has 0 atom stereocenters.